The number of guanidine groups is 1. The van der Waals surface area contributed by atoms with Gasteiger partial charge in [0.2, 0.25) is 0 Å². The highest BCUT2D eigenvalue weighted by molar-refractivity contribution is 5.79. The average molecular weight is 362 g/mol. The lowest BCUT2D eigenvalue weighted by atomic mass is 10.1. The van der Waals surface area contributed by atoms with Gasteiger partial charge in [-0.1, -0.05) is 24.3 Å². The molecule has 0 aliphatic carbocycles. The van der Waals surface area contributed by atoms with Crippen LogP contribution >= 0.6 is 0 Å². The number of hydrogen-bond acceptors (Lipinski definition) is 4. The molecule has 2 rings (SSSR count). The van der Waals surface area contributed by atoms with Crippen LogP contribution in [0.25, 0.3) is 0 Å². The maximum absolute atomic E-state index is 5.15. The molecule has 1 aliphatic heterocycles. The molecule has 0 amide bonds. The second kappa shape index (κ2) is 11.2. The Morgan fingerprint density at radius 3 is 2.58 bits per heavy atom. The molecule has 1 aromatic carbocycles. The quantitative estimate of drug-likeness (QED) is 0.570. The zero-order chi connectivity index (χ0) is 18.8. The van der Waals surface area contributed by atoms with Crippen LogP contribution in [0.5, 0.6) is 0 Å². The molecule has 2 N–H and O–H groups in total. The smallest absolute Gasteiger partial charge is 0.191 e. The molecule has 1 heterocycles. The van der Waals surface area contributed by atoms with E-state index in [9.17, 15) is 0 Å². The third-order valence-corrected chi connectivity index (χ3v) is 4.72. The van der Waals surface area contributed by atoms with E-state index in [4.69, 9.17) is 4.74 Å². The van der Waals surface area contributed by atoms with Gasteiger partial charge in [0.1, 0.15) is 0 Å². The molecule has 146 valence electrons. The number of benzene rings is 1. The first kappa shape index (κ1) is 20.7. The van der Waals surface area contributed by atoms with Crippen LogP contribution in [0.15, 0.2) is 29.3 Å². The highest BCUT2D eigenvalue weighted by Crippen LogP contribution is 2.10. The molecule has 0 aromatic heterocycles. The number of hydrogen-bond donors (Lipinski definition) is 2. The first-order valence-electron chi connectivity index (χ1n) is 9.55. The normalized spacial score (nSPS) is 18.4. The molecule has 0 bridgehead atoms. The van der Waals surface area contributed by atoms with E-state index < -0.39 is 0 Å². The Balaban J connectivity index is 1.79. The van der Waals surface area contributed by atoms with Gasteiger partial charge in [-0.25, -0.2) is 0 Å². The number of methoxy groups -OCH3 is 1. The summed E-state index contributed by atoms with van der Waals surface area (Å²) in [6.07, 6.45) is 1.26. The van der Waals surface area contributed by atoms with E-state index in [0.29, 0.717) is 6.61 Å². The molecular weight excluding hydrogens is 326 g/mol. The summed E-state index contributed by atoms with van der Waals surface area (Å²) in [5.41, 5.74) is 2.64. The summed E-state index contributed by atoms with van der Waals surface area (Å²) in [4.78, 5) is 9.24. The SMILES string of the molecule is CN=C(NCc1ccc(CN2CCCN(C)CC2)cc1)NC(C)COC. The number of ether oxygens (including phenoxy) is 1. The lowest BCUT2D eigenvalue weighted by molar-refractivity contribution is 0.179. The predicted molar refractivity (Wildman–Crippen MR) is 109 cm³/mol. The van der Waals surface area contributed by atoms with Crippen LogP contribution < -0.4 is 10.6 Å². The molecular formula is C20H35N5O. The van der Waals surface area contributed by atoms with E-state index in [0.717, 1.165) is 32.1 Å². The van der Waals surface area contributed by atoms with Crippen LogP contribution in [0.2, 0.25) is 0 Å². The van der Waals surface area contributed by atoms with Crippen LogP contribution in [0.3, 0.4) is 0 Å². The molecule has 1 unspecified atom stereocenters. The number of likely N-dealkylation sites (N-methyl/N-ethyl adjacent to an activating group) is 1. The van der Waals surface area contributed by atoms with Crippen LogP contribution in [0, 0.1) is 0 Å². The fourth-order valence-electron chi connectivity index (χ4n) is 3.18. The van der Waals surface area contributed by atoms with Gasteiger partial charge in [-0.15, -0.1) is 0 Å². The highest BCUT2D eigenvalue weighted by Gasteiger charge is 2.12. The van der Waals surface area contributed by atoms with Gasteiger partial charge in [0.05, 0.1) is 6.61 Å². The summed E-state index contributed by atoms with van der Waals surface area (Å²) < 4.78 is 5.15. The lowest BCUT2D eigenvalue weighted by Crippen LogP contribution is -2.43. The standard InChI is InChI=1S/C20H35N5O/c1-17(16-26-4)23-20(21-2)22-14-18-6-8-19(9-7-18)15-25-11-5-10-24(3)12-13-25/h6-9,17H,5,10-16H2,1-4H3,(H2,21,22,23). The van der Waals surface area contributed by atoms with Crippen LogP contribution in [-0.2, 0) is 17.8 Å². The summed E-state index contributed by atoms with van der Waals surface area (Å²) in [7, 11) is 5.71. The van der Waals surface area contributed by atoms with Gasteiger partial charge in [0, 0.05) is 46.4 Å². The van der Waals surface area contributed by atoms with Crippen molar-refractivity contribution in [2.24, 2.45) is 4.99 Å². The molecule has 1 aliphatic rings. The largest absolute Gasteiger partial charge is 0.383 e. The maximum atomic E-state index is 5.15. The fraction of sp³-hybridized carbons (Fsp3) is 0.650. The van der Waals surface area contributed by atoms with Gasteiger partial charge in [0.25, 0.3) is 0 Å². The topological polar surface area (TPSA) is 52.1 Å². The van der Waals surface area contributed by atoms with Crippen molar-refractivity contribution in [2.75, 3.05) is 54.0 Å². The molecule has 1 atom stereocenters. The van der Waals surface area contributed by atoms with Crippen molar-refractivity contribution in [3.63, 3.8) is 0 Å². The van der Waals surface area contributed by atoms with E-state index in [-0.39, 0.29) is 6.04 Å². The first-order valence-corrected chi connectivity index (χ1v) is 9.55. The van der Waals surface area contributed by atoms with Crippen LogP contribution in [0.1, 0.15) is 24.5 Å². The van der Waals surface area contributed by atoms with E-state index >= 15 is 0 Å². The van der Waals surface area contributed by atoms with Gasteiger partial charge in [0.15, 0.2) is 5.96 Å². The highest BCUT2D eigenvalue weighted by atomic mass is 16.5. The van der Waals surface area contributed by atoms with Gasteiger partial charge in [-0.2, -0.15) is 0 Å². The minimum absolute atomic E-state index is 0.223. The Morgan fingerprint density at radius 1 is 1.15 bits per heavy atom. The maximum Gasteiger partial charge on any atom is 0.191 e. The van der Waals surface area contributed by atoms with Crippen molar-refractivity contribution in [3.8, 4) is 0 Å². The molecule has 0 radical (unpaired) electrons. The fourth-order valence-corrected chi connectivity index (χ4v) is 3.18. The monoisotopic (exact) mass is 361 g/mol. The molecule has 1 saturated heterocycles. The Kier molecular flexibility index (Phi) is 8.88. The zero-order valence-electron chi connectivity index (χ0n) is 16.8. The first-order chi connectivity index (χ1) is 12.6. The van der Waals surface area contributed by atoms with Crippen molar-refractivity contribution < 1.29 is 4.74 Å². The molecule has 26 heavy (non-hydrogen) atoms. The van der Waals surface area contributed by atoms with E-state index in [1.165, 1.54) is 30.6 Å². The van der Waals surface area contributed by atoms with Crippen LogP contribution in [-0.4, -0.2) is 75.8 Å². The van der Waals surface area contributed by atoms with Crippen molar-refractivity contribution in [1.82, 2.24) is 20.4 Å². The number of rotatable bonds is 7. The summed E-state index contributed by atoms with van der Waals surface area (Å²) in [5.74, 6) is 0.798. The summed E-state index contributed by atoms with van der Waals surface area (Å²) in [5, 5.41) is 6.67. The number of nitrogens with zero attached hydrogens (tertiary/aromatic N) is 3. The van der Waals surface area contributed by atoms with E-state index in [1.807, 2.05) is 0 Å². The average Bonchev–Trinajstić information content (AvgIpc) is 2.84. The molecule has 6 heteroatoms. The minimum atomic E-state index is 0.223. The summed E-state index contributed by atoms with van der Waals surface area (Å²) in [6.45, 7) is 9.24. The Morgan fingerprint density at radius 2 is 1.88 bits per heavy atom. The molecule has 1 aromatic rings. The van der Waals surface area contributed by atoms with Crippen molar-refractivity contribution in [3.05, 3.63) is 35.4 Å². The van der Waals surface area contributed by atoms with Gasteiger partial charge < -0.3 is 20.3 Å². The second-order valence-electron chi connectivity index (χ2n) is 7.18. The minimum Gasteiger partial charge on any atom is -0.383 e. The second-order valence-corrected chi connectivity index (χ2v) is 7.18. The zero-order valence-corrected chi connectivity index (χ0v) is 16.8. The molecule has 0 saturated carbocycles. The third-order valence-electron chi connectivity index (χ3n) is 4.72. The Hall–Kier alpha value is -1.63. The molecule has 0 spiro atoms. The van der Waals surface area contributed by atoms with Gasteiger partial charge in [-0.05, 0) is 44.6 Å². The lowest BCUT2D eigenvalue weighted by Gasteiger charge is -2.20. The Bertz CT molecular complexity index is 546. The van der Waals surface area contributed by atoms with Crippen LogP contribution in [0.4, 0.5) is 0 Å². The van der Waals surface area contributed by atoms with E-state index in [1.54, 1.807) is 14.2 Å². The van der Waals surface area contributed by atoms with Crippen molar-refractivity contribution in [2.45, 2.75) is 32.5 Å². The Labute approximate surface area is 158 Å². The number of nitrogens with one attached hydrogen (secondary N) is 2. The third kappa shape index (κ3) is 7.32. The van der Waals surface area contributed by atoms with Gasteiger partial charge >= 0.3 is 0 Å². The van der Waals surface area contributed by atoms with Crippen molar-refractivity contribution >= 4 is 5.96 Å². The predicted octanol–water partition coefficient (Wildman–Crippen LogP) is 1.52. The van der Waals surface area contributed by atoms with E-state index in [2.05, 4.69) is 63.7 Å². The molecule has 1 fully saturated rings. The number of aliphatic imine (C=N–C) groups is 1. The molecule has 6 nitrogen and oxygen atoms in total. The summed E-state index contributed by atoms with van der Waals surface area (Å²) in [6, 6.07) is 9.13. The summed E-state index contributed by atoms with van der Waals surface area (Å²) >= 11 is 0. The van der Waals surface area contributed by atoms with Crippen molar-refractivity contribution in [1.29, 1.82) is 0 Å². The van der Waals surface area contributed by atoms with Gasteiger partial charge in [-0.3, -0.25) is 9.89 Å².